The second kappa shape index (κ2) is 10.3. The lowest BCUT2D eigenvalue weighted by atomic mass is 9.61. The molecule has 0 aromatic rings. The Kier molecular flexibility index (Phi) is 7.86. The molecular formula is C25H37N5O5. The maximum Gasteiger partial charge on any atom is 0.254 e. The van der Waals surface area contributed by atoms with Gasteiger partial charge in [0.25, 0.3) is 5.91 Å². The predicted molar refractivity (Wildman–Crippen MR) is 134 cm³/mol. The Balaban J connectivity index is 2.07. The number of allylic oxidation sites excluding steroid dienone is 4. The van der Waals surface area contributed by atoms with E-state index in [2.05, 4.69) is 4.99 Å². The maximum absolute atomic E-state index is 13.4. The Labute approximate surface area is 206 Å². The summed E-state index contributed by atoms with van der Waals surface area (Å²) in [7, 11) is 5.52. The van der Waals surface area contributed by atoms with Crippen LogP contribution in [0.15, 0.2) is 39.0 Å². The number of ketones is 1. The number of nitrogens with one attached hydrogen (secondary N) is 1. The van der Waals surface area contributed by atoms with Crippen LogP contribution in [0.5, 0.6) is 0 Å². The average Bonchev–Trinajstić information content (AvgIpc) is 2.76. The van der Waals surface area contributed by atoms with Crippen molar-refractivity contribution in [1.82, 2.24) is 9.80 Å². The van der Waals surface area contributed by atoms with E-state index in [-0.39, 0.29) is 51.8 Å². The topological polar surface area (TPSA) is 164 Å². The molecule has 3 rings (SSSR count). The molecule has 0 aromatic carbocycles. The van der Waals surface area contributed by atoms with Gasteiger partial charge in [0.1, 0.15) is 17.3 Å². The van der Waals surface area contributed by atoms with E-state index in [4.69, 9.17) is 11.1 Å². The van der Waals surface area contributed by atoms with Crippen molar-refractivity contribution >= 4 is 23.6 Å². The monoisotopic (exact) mass is 487 g/mol. The summed E-state index contributed by atoms with van der Waals surface area (Å²) < 4.78 is 0. The van der Waals surface area contributed by atoms with Gasteiger partial charge in [-0.2, -0.15) is 0 Å². The molecule has 0 bridgehead atoms. The van der Waals surface area contributed by atoms with Crippen LogP contribution in [0.3, 0.4) is 0 Å². The summed E-state index contributed by atoms with van der Waals surface area (Å²) in [6.45, 7) is 4.47. The fraction of sp³-hybridized carbons (Fsp3) is 0.600. The molecule has 0 heterocycles. The van der Waals surface area contributed by atoms with E-state index in [1.54, 1.807) is 0 Å². The van der Waals surface area contributed by atoms with Gasteiger partial charge >= 0.3 is 0 Å². The number of nitrogens with two attached hydrogens (primary N) is 1. The summed E-state index contributed by atoms with van der Waals surface area (Å²) in [4.78, 5) is 33.6. The molecule has 10 nitrogen and oxygen atoms in total. The van der Waals surface area contributed by atoms with E-state index in [9.17, 15) is 24.9 Å². The van der Waals surface area contributed by atoms with Crippen molar-refractivity contribution in [3.63, 3.8) is 0 Å². The SMILES string of the molecule is CCCN(C)[C@@H]1C(O)=C(C(N)=O)C(=N)C2C(O)=C3C(=O)/C(=C(O)/C=N\C(C)N(C)C)CC[C@H]3CC21. The van der Waals surface area contributed by atoms with Crippen molar-refractivity contribution in [2.24, 2.45) is 28.5 Å². The van der Waals surface area contributed by atoms with E-state index in [0.29, 0.717) is 25.8 Å². The molecule has 5 atom stereocenters. The zero-order valence-electron chi connectivity index (χ0n) is 21.1. The van der Waals surface area contributed by atoms with Crippen LogP contribution in [0, 0.1) is 23.2 Å². The summed E-state index contributed by atoms with van der Waals surface area (Å²) in [5.41, 5.74) is 5.26. The minimum absolute atomic E-state index is 0.167. The zero-order valence-corrected chi connectivity index (χ0v) is 21.1. The molecule has 0 spiro atoms. The fourth-order valence-electron chi connectivity index (χ4n) is 5.55. The summed E-state index contributed by atoms with van der Waals surface area (Å²) in [6.07, 6.45) is 3.18. The van der Waals surface area contributed by atoms with Gasteiger partial charge in [-0.25, -0.2) is 0 Å². The third kappa shape index (κ3) is 4.77. The number of rotatable bonds is 7. The van der Waals surface area contributed by atoms with Crippen LogP contribution in [0.25, 0.3) is 0 Å². The van der Waals surface area contributed by atoms with E-state index in [1.807, 2.05) is 44.8 Å². The number of hydrogen-bond donors (Lipinski definition) is 5. The zero-order chi connectivity index (χ0) is 26.2. The second-order valence-electron chi connectivity index (χ2n) is 9.94. The first-order valence-corrected chi connectivity index (χ1v) is 12.0. The Morgan fingerprint density at radius 3 is 2.51 bits per heavy atom. The Morgan fingerprint density at radius 2 is 1.94 bits per heavy atom. The highest BCUT2D eigenvalue weighted by Gasteiger charge is 2.52. The number of likely N-dealkylation sites (N-methyl/N-ethyl adjacent to an activating group) is 1. The maximum atomic E-state index is 13.4. The van der Waals surface area contributed by atoms with Crippen LogP contribution < -0.4 is 5.73 Å². The van der Waals surface area contributed by atoms with E-state index in [0.717, 1.165) is 6.42 Å². The first-order valence-electron chi connectivity index (χ1n) is 12.0. The normalized spacial score (nSPS) is 29.7. The predicted octanol–water partition coefficient (Wildman–Crippen LogP) is 2.25. The minimum atomic E-state index is -0.947. The van der Waals surface area contributed by atoms with Crippen molar-refractivity contribution in [3.05, 3.63) is 34.0 Å². The van der Waals surface area contributed by atoms with Gasteiger partial charge < -0.3 is 26.5 Å². The molecule has 35 heavy (non-hydrogen) atoms. The molecule has 192 valence electrons. The van der Waals surface area contributed by atoms with Crippen LogP contribution >= 0.6 is 0 Å². The van der Waals surface area contributed by atoms with E-state index >= 15 is 0 Å². The lowest BCUT2D eigenvalue weighted by molar-refractivity contribution is -0.114. The van der Waals surface area contributed by atoms with Crippen molar-refractivity contribution in [2.75, 3.05) is 27.7 Å². The number of Topliss-reactive ketones (excluding diaryl/α,β-unsaturated/α-hetero) is 1. The highest BCUT2D eigenvalue weighted by atomic mass is 16.3. The number of aliphatic hydroxyl groups excluding tert-OH is 3. The Morgan fingerprint density at radius 1 is 1.29 bits per heavy atom. The Hall–Kier alpha value is -2.98. The quantitative estimate of drug-likeness (QED) is 0.209. The van der Waals surface area contributed by atoms with E-state index in [1.165, 1.54) is 6.21 Å². The number of aliphatic hydroxyl groups is 3. The summed E-state index contributed by atoms with van der Waals surface area (Å²) >= 11 is 0. The molecule has 10 heteroatoms. The smallest absolute Gasteiger partial charge is 0.254 e. The molecule has 0 aromatic heterocycles. The second-order valence-corrected chi connectivity index (χ2v) is 9.94. The number of carbonyl (C=O) groups excluding carboxylic acids is 2. The van der Waals surface area contributed by atoms with Gasteiger partial charge in [-0.15, -0.1) is 0 Å². The molecule has 0 saturated heterocycles. The standard InChI is InChI=1S/C25H37N5O5/c1-6-9-30(5)21-15-10-13-7-8-14(16(31)11-28-12(2)29(3)4)22(32)17(13)23(33)18(15)20(26)19(24(21)34)25(27)35/h11-13,15,18,21,26,31,33-34H,6-10H2,1-5H3,(H2,27,35)/b16-14-,26-20?,28-11-/t12?,13-,15?,18?,21-/m0/s1. The third-order valence-electron chi connectivity index (χ3n) is 7.51. The lowest BCUT2D eigenvalue weighted by Crippen LogP contribution is -2.53. The molecule has 1 saturated carbocycles. The third-order valence-corrected chi connectivity index (χ3v) is 7.51. The fourth-order valence-corrected chi connectivity index (χ4v) is 5.55. The molecule has 6 N–H and O–H groups in total. The lowest BCUT2D eigenvalue weighted by Gasteiger charge is -2.47. The largest absolute Gasteiger partial charge is 0.511 e. The van der Waals surface area contributed by atoms with Gasteiger partial charge in [0.15, 0.2) is 5.78 Å². The molecule has 1 amide bonds. The van der Waals surface area contributed by atoms with Crippen LogP contribution in [-0.4, -0.2) is 88.6 Å². The van der Waals surface area contributed by atoms with Crippen molar-refractivity contribution < 1.29 is 24.9 Å². The van der Waals surface area contributed by atoms with Gasteiger partial charge in [0, 0.05) is 11.1 Å². The molecule has 0 radical (unpaired) electrons. The molecule has 3 aliphatic rings. The summed E-state index contributed by atoms with van der Waals surface area (Å²) in [5, 5.41) is 41.5. The summed E-state index contributed by atoms with van der Waals surface area (Å²) in [5.74, 6) is -3.80. The molecular weight excluding hydrogens is 450 g/mol. The van der Waals surface area contributed by atoms with Gasteiger partial charge in [0.2, 0.25) is 0 Å². The van der Waals surface area contributed by atoms with E-state index < -0.39 is 29.6 Å². The number of hydrogen-bond acceptors (Lipinski definition) is 9. The van der Waals surface area contributed by atoms with Crippen molar-refractivity contribution in [2.45, 2.75) is 51.7 Å². The number of nitrogens with zero attached hydrogens (tertiary/aromatic N) is 3. The van der Waals surface area contributed by atoms with Gasteiger partial charge in [-0.1, -0.05) is 6.92 Å². The molecule has 0 aliphatic heterocycles. The number of amides is 1. The van der Waals surface area contributed by atoms with Crippen LogP contribution in [0.1, 0.15) is 39.5 Å². The van der Waals surface area contributed by atoms with Crippen molar-refractivity contribution in [3.8, 4) is 0 Å². The number of primary amides is 1. The summed E-state index contributed by atoms with van der Waals surface area (Å²) in [6, 6.07) is -0.611. The van der Waals surface area contributed by atoms with Crippen LogP contribution in [0.4, 0.5) is 0 Å². The van der Waals surface area contributed by atoms with Gasteiger partial charge in [0.05, 0.1) is 35.6 Å². The highest BCUT2D eigenvalue weighted by molar-refractivity contribution is 6.23. The molecule has 1 fully saturated rings. The molecule has 3 aliphatic carbocycles. The highest BCUT2D eigenvalue weighted by Crippen LogP contribution is 2.50. The van der Waals surface area contributed by atoms with Gasteiger partial charge in [-0.05, 0) is 72.1 Å². The average molecular weight is 488 g/mol. The van der Waals surface area contributed by atoms with Gasteiger partial charge in [-0.3, -0.25) is 24.4 Å². The molecule has 3 unspecified atom stereocenters. The number of carbonyl (C=O) groups is 2. The first kappa shape index (κ1) is 26.6. The Bertz CT molecular complexity index is 1040. The van der Waals surface area contributed by atoms with Crippen molar-refractivity contribution in [1.29, 1.82) is 5.41 Å². The first-order chi connectivity index (χ1) is 16.4. The van der Waals surface area contributed by atoms with Crippen LogP contribution in [0.2, 0.25) is 0 Å². The van der Waals surface area contributed by atoms with Crippen LogP contribution in [-0.2, 0) is 9.59 Å². The number of aliphatic imine (C=N–C) groups is 1. The minimum Gasteiger partial charge on any atom is -0.511 e. The number of fused-ring (bicyclic) bond motifs is 2.